The molecule has 3 N–H and O–H groups in total. The lowest BCUT2D eigenvalue weighted by Crippen LogP contribution is -2.34. The van der Waals surface area contributed by atoms with Crippen LogP contribution in [0.3, 0.4) is 0 Å². The first-order valence-electron chi connectivity index (χ1n) is 7.71. The van der Waals surface area contributed by atoms with Crippen LogP contribution in [0.25, 0.3) is 0 Å². The Morgan fingerprint density at radius 2 is 2.12 bits per heavy atom. The molecule has 1 fully saturated rings. The predicted octanol–water partition coefficient (Wildman–Crippen LogP) is 4.07. The average molecular weight is 476 g/mol. The standard InChI is InChI=1S/C18H19ClFN3O.HI/c1-24-17-5-3-2-4-12(17)10-22-18(21)23-16-9-13(16)11-6-7-14(19)15(20)8-11;/h2-8,13,16H,9-10H2,1H3,(H3,21,22,23);1H/t13-,16+;/m0./s1. The third kappa shape index (κ3) is 4.98. The molecule has 7 heteroatoms. The number of nitrogens with one attached hydrogen (secondary N) is 1. The fourth-order valence-electron chi connectivity index (χ4n) is 2.71. The summed E-state index contributed by atoms with van der Waals surface area (Å²) >= 11 is 5.71. The number of hydrogen-bond acceptors (Lipinski definition) is 2. The van der Waals surface area contributed by atoms with Crippen LogP contribution in [0, 0.1) is 5.82 Å². The van der Waals surface area contributed by atoms with Gasteiger partial charge in [0.15, 0.2) is 5.96 Å². The molecule has 0 radical (unpaired) electrons. The fraction of sp³-hybridized carbons (Fsp3) is 0.278. The molecule has 0 spiro atoms. The third-order valence-corrected chi connectivity index (χ3v) is 4.41. The molecule has 1 saturated carbocycles. The maximum Gasteiger partial charge on any atom is 0.189 e. The Morgan fingerprint density at radius 1 is 1.36 bits per heavy atom. The number of methoxy groups -OCH3 is 1. The topological polar surface area (TPSA) is 59.6 Å². The predicted molar refractivity (Wildman–Crippen MR) is 109 cm³/mol. The van der Waals surface area contributed by atoms with Gasteiger partial charge in [0.1, 0.15) is 11.6 Å². The van der Waals surface area contributed by atoms with Crippen molar-refractivity contribution in [2.45, 2.75) is 24.9 Å². The van der Waals surface area contributed by atoms with Crippen LogP contribution in [0.2, 0.25) is 5.02 Å². The minimum atomic E-state index is -0.391. The summed E-state index contributed by atoms with van der Waals surface area (Å²) in [6, 6.07) is 12.8. The zero-order valence-corrected chi connectivity index (χ0v) is 16.8. The van der Waals surface area contributed by atoms with Crippen LogP contribution < -0.4 is 15.8 Å². The van der Waals surface area contributed by atoms with Gasteiger partial charge in [0.25, 0.3) is 0 Å². The summed E-state index contributed by atoms with van der Waals surface area (Å²) in [5, 5.41) is 3.32. The zero-order valence-electron chi connectivity index (χ0n) is 13.7. The monoisotopic (exact) mass is 475 g/mol. The van der Waals surface area contributed by atoms with Crippen LogP contribution in [-0.2, 0) is 6.54 Å². The molecular formula is C18H20ClFIN3O. The van der Waals surface area contributed by atoms with Crippen LogP contribution in [0.4, 0.5) is 4.39 Å². The second kappa shape index (κ2) is 8.71. The molecule has 3 rings (SSSR count). The molecule has 2 aromatic rings. The number of guanidine groups is 1. The quantitative estimate of drug-likeness (QED) is 0.389. The Hall–Kier alpha value is -1.54. The van der Waals surface area contributed by atoms with Crippen molar-refractivity contribution in [3.8, 4) is 5.75 Å². The molecule has 134 valence electrons. The summed E-state index contributed by atoms with van der Waals surface area (Å²) in [6.45, 7) is 0.440. The van der Waals surface area contributed by atoms with Gasteiger partial charge in [-0.25, -0.2) is 9.38 Å². The van der Waals surface area contributed by atoms with Gasteiger partial charge in [-0.1, -0.05) is 35.9 Å². The minimum absolute atomic E-state index is 0. The molecule has 2 atom stereocenters. The van der Waals surface area contributed by atoms with Gasteiger partial charge in [-0.05, 0) is 30.2 Å². The van der Waals surface area contributed by atoms with Gasteiger partial charge in [-0.15, -0.1) is 24.0 Å². The number of nitrogens with zero attached hydrogens (tertiary/aromatic N) is 1. The van der Waals surface area contributed by atoms with Gasteiger partial charge in [-0.3, -0.25) is 0 Å². The van der Waals surface area contributed by atoms with E-state index in [0.717, 1.165) is 23.3 Å². The number of aliphatic imine (C=N–C) groups is 1. The molecule has 0 saturated heterocycles. The number of benzene rings is 2. The van der Waals surface area contributed by atoms with Gasteiger partial charge in [0.2, 0.25) is 0 Å². The molecule has 0 unspecified atom stereocenters. The highest BCUT2D eigenvalue weighted by molar-refractivity contribution is 14.0. The van der Waals surface area contributed by atoms with E-state index in [4.69, 9.17) is 22.1 Å². The summed E-state index contributed by atoms with van der Waals surface area (Å²) in [4.78, 5) is 4.35. The normalized spacial score (nSPS) is 19.1. The number of hydrogen-bond donors (Lipinski definition) is 2. The van der Waals surface area contributed by atoms with Crippen molar-refractivity contribution < 1.29 is 9.13 Å². The first-order chi connectivity index (χ1) is 11.6. The van der Waals surface area contributed by atoms with Crippen LogP contribution in [0.15, 0.2) is 47.5 Å². The molecule has 0 heterocycles. The Balaban J connectivity index is 0.00000225. The van der Waals surface area contributed by atoms with Crippen molar-refractivity contribution in [3.05, 3.63) is 64.4 Å². The minimum Gasteiger partial charge on any atom is -0.496 e. The summed E-state index contributed by atoms with van der Waals surface area (Å²) in [5.74, 6) is 1.01. The van der Waals surface area contributed by atoms with Crippen LogP contribution in [-0.4, -0.2) is 19.1 Å². The van der Waals surface area contributed by atoms with Crippen molar-refractivity contribution in [2.24, 2.45) is 10.7 Å². The van der Waals surface area contributed by atoms with Crippen molar-refractivity contribution >= 4 is 41.5 Å². The van der Waals surface area contributed by atoms with E-state index in [1.165, 1.54) is 6.07 Å². The van der Waals surface area contributed by atoms with E-state index in [-0.39, 0.29) is 41.0 Å². The number of para-hydroxylation sites is 1. The Morgan fingerprint density at radius 3 is 2.84 bits per heavy atom. The Kier molecular flexibility index (Phi) is 6.89. The number of nitrogens with two attached hydrogens (primary N) is 1. The van der Waals surface area contributed by atoms with Gasteiger partial charge in [0, 0.05) is 17.5 Å². The SMILES string of the molecule is COc1ccccc1CN=C(N)N[C@@H]1C[C@H]1c1ccc(Cl)c(F)c1.I. The first kappa shape index (κ1) is 19.8. The summed E-state index contributed by atoms with van der Waals surface area (Å²) in [5.41, 5.74) is 7.84. The van der Waals surface area contributed by atoms with Gasteiger partial charge < -0.3 is 15.8 Å². The average Bonchev–Trinajstić information content (AvgIpc) is 3.34. The summed E-state index contributed by atoms with van der Waals surface area (Å²) < 4.78 is 18.8. The van der Waals surface area contributed by atoms with E-state index in [1.54, 1.807) is 13.2 Å². The maximum absolute atomic E-state index is 13.5. The molecule has 0 bridgehead atoms. The van der Waals surface area contributed by atoms with Crippen molar-refractivity contribution in [3.63, 3.8) is 0 Å². The molecular weight excluding hydrogens is 456 g/mol. The highest BCUT2D eigenvalue weighted by atomic mass is 127. The van der Waals surface area contributed by atoms with Gasteiger partial charge in [-0.2, -0.15) is 0 Å². The van der Waals surface area contributed by atoms with Gasteiger partial charge in [0.05, 0.1) is 18.7 Å². The lowest BCUT2D eigenvalue weighted by atomic mass is 10.1. The molecule has 1 aliphatic rings. The van der Waals surface area contributed by atoms with E-state index in [1.807, 2.05) is 30.3 Å². The maximum atomic E-state index is 13.5. The summed E-state index contributed by atoms with van der Waals surface area (Å²) in [7, 11) is 1.63. The molecule has 25 heavy (non-hydrogen) atoms. The highest BCUT2D eigenvalue weighted by Crippen LogP contribution is 2.41. The Bertz CT molecular complexity index is 772. The largest absolute Gasteiger partial charge is 0.496 e. The smallest absolute Gasteiger partial charge is 0.189 e. The lowest BCUT2D eigenvalue weighted by molar-refractivity contribution is 0.410. The molecule has 2 aromatic carbocycles. The highest BCUT2D eigenvalue weighted by Gasteiger charge is 2.39. The van der Waals surface area contributed by atoms with Crippen LogP contribution in [0.5, 0.6) is 5.75 Å². The van der Waals surface area contributed by atoms with Crippen molar-refractivity contribution in [1.29, 1.82) is 0 Å². The van der Waals surface area contributed by atoms with Crippen molar-refractivity contribution in [1.82, 2.24) is 5.32 Å². The Labute approximate surface area is 168 Å². The molecule has 0 amide bonds. The van der Waals surface area contributed by atoms with E-state index < -0.39 is 5.82 Å². The molecule has 1 aliphatic carbocycles. The second-order valence-electron chi connectivity index (χ2n) is 5.78. The molecule has 0 aliphatic heterocycles. The van der Waals surface area contributed by atoms with Crippen LogP contribution in [0.1, 0.15) is 23.5 Å². The van der Waals surface area contributed by atoms with E-state index in [0.29, 0.717) is 12.5 Å². The zero-order chi connectivity index (χ0) is 17.1. The van der Waals surface area contributed by atoms with E-state index in [2.05, 4.69) is 10.3 Å². The molecule has 4 nitrogen and oxygen atoms in total. The van der Waals surface area contributed by atoms with E-state index in [9.17, 15) is 4.39 Å². The van der Waals surface area contributed by atoms with Crippen LogP contribution >= 0.6 is 35.6 Å². The second-order valence-corrected chi connectivity index (χ2v) is 6.19. The van der Waals surface area contributed by atoms with Crippen molar-refractivity contribution in [2.75, 3.05) is 7.11 Å². The van der Waals surface area contributed by atoms with Gasteiger partial charge >= 0.3 is 0 Å². The first-order valence-corrected chi connectivity index (χ1v) is 8.09. The van der Waals surface area contributed by atoms with E-state index >= 15 is 0 Å². The number of ether oxygens (including phenoxy) is 1. The molecule has 0 aromatic heterocycles. The number of rotatable bonds is 5. The number of halogens is 3. The fourth-order valence-corrected chi connectivity index (χ4v) is 2.82. The third-order valence-electron chi connectivity index (χ3n) is 4.11. The summed E-state index contributed by atoms with van der Waals surface area (Å²) in [6.07, 6.45) is 0.895. The lowest BCUT2D eigenvalue weighted by Gasteiger charge is -2.08.